The zero-order chi connectivity index (χ0) is 39.0. The van der Waals surface area contributed by atoms with Gasteiger partial charge in [-0.3, -0.25) is 19.1 Å². The Hall–Kier alpha value is -3.79. The molecule has 0 fully saturated rings. The summed E-state index contributed by atoms with van der Waals surface area (Å²) in [7, 11) is 1.07. The number of carbonyl (C=O) groups excluding carboxylic acids is 1. The summed E-state index contributed by atoms with van der Waals surface area (Å²) in [5, 5.41) is 18.9. The first kappa shape index (κ1) is 48.2. The number of carboxylic acids is 1. The van der Waals surface area contributed by atoms with Crippen LogP contribution in [0, 0.1) is 17.0 Å². The number of nitro benzene ring substituents is 1. The molecule has 2 aromatic carbocycles. The van der Waals surface area contributed by atoms with Gasteiger partial charge in [0.15, 0.2) is 0 Å². The SMILES string of the molecule is COCCOCCCCC(N)C(=O)O.COCCOCCOC(=O)Oc1ccc([N+](=O)[O-])cc1.COCCOCCOS(=O)(=O)c1ccc(C)cc1. The van der Waals surface area contributed by atoms with Crippen LogP contribution in [0.1, 0.15) is 24.8 Å². The second-order valence-corrected chi connectivity index (χ2v) is 11.9. The van der Waals surface area contributed by atoms with Crippen molar-refractivity contribution in [3.05, 3.63) is 64.2 Å². The first-order valence-corrected chi connectivity index (χ1v) is 17.5. The maximum absolute atomic E-state index is 11.7. The molecule has 1 unspecified atom stereocenters. The topological polar surface area (TPSA) is 241 Å². The third kappa shape index (κ3) is 26.1. The number of ether oxygens (including phenoxy) is 8. The number of aryl methyl sites for hydroxylation is 1. The number of methoxy groups -OCH3 is 3. The Balaban J connectivity index is 0.000000763. The summed E-state index contributed by atoms with van der Waals surface area (Å²) in [6, 6.07) is 10.9. The number of aliphatic carboxylic acids is 1. The van der Waals surface area contributed by atoms with E-state index in [2.05, 4.69) is 0 Å². The molecule has 2 aromatic rings. The fourth-order valence-corrected chi connectivity index (χ4v) is 4.24. The van der Waals surface area contributed by atoms with Gasteiger partial charge in [-0.25, -0.2) is 4.79 Å². The van der Waals surface area contributed by atoms with E-state index in [9.17, 15) is 28.1 Å². The zero-order valence-electron chi connectivity index (χ0n) is 30.1. The van der Waals surface area contributed by atoms with Gasteiger partial charge >= 0.3 is 12.1 Å². The molecule has 0 bridgehead atoms. The Labute approximate surface area is 304 Å². The molecule has 296 valence electrons. The number of rotatable bonds is 25. The van der Waals surface area contributed by atoms with Crippen LogP contribution in [0.25, 0.3) is 0 Å². The third-order valence-electron chi connectivity index (χ3n) is 6.14. The maximum Gasteiger partial charge on any atom is 0.513 e. The van der Waals surface area contributed by atoms with E-state index in [1.807, 2.05) is 6.92 Å². The highest BCUT2D eigenvalue weighted by atomic mass is 32.2. The Morgan fingerprint density at radius 2 is 1.25 bits per heavy atom. The number of nitro groups is 1. The first-order chi connectivity index (χ1) is 24.9. The highest BCUT2D eigenvalue weighted by Gasteiger charge is 2.14. The second-order valence-electron chi connectivity index (χ2n) is 10.3. The minimum atomic E-state index is -3.68. The highest BCUT2D eigenvalue weighted by molar-refractivity contribution is 7.86. The van der Waals surface area contributed by atoms with Gasteiger partial charge in [-0.15, -0.1) is 0 Å². The third-order valence-corrected chi connectivity index (χ3v) is 7.46. The molecule has 0 saturated heterocycles. The van der Waals surface area contributed by atoms with E-state index in [1.165, 1.54) is 36.4 Å². The van der Waals surface area contributed by atoms with Crippen molar-refractivity contribution in [2.75, 3.05) is 94.0 Å². The molecule has 19 heteroatoms. The quantitative estimate of drug-likeness (QED) is 0.0368. The number of nitrogens with two attached hydrogens (primary N) is 1. The number of hydrogen-bond donors (Lipinski definition) is 2. The van der Waals surface area contributed by atoms with Gasteiger partial charge in [-0.05, 0) is 50.5 Å². The van der Waals surface area contributed by atoms with Crippen molar-refractivity contribution in [1.82, 2.24) is 0 Å². The summed E-state index contributed by atoms with van der Waals surface area (Å²) >= 11 is 0. The second kappa shape index (κ2) is 30.8. The van der Waals surface area contributed by atoms with Gasteiger partial charge in [0.05, 0.1) is 69.3 Å². The molecule has 0 amide bonds. The Morgan fingerprint density at radius 3 is 1.75 bits per heavy atom. The van der Waals surface area contributed by atoms with Crippen molar-refractivity contribution in [3.8, 4) is 5.75 Å². The number of non-ortho nitro benzene ring substituents is 1. The normalized spacial score (nSPS) is 11.3. The average Bonchev–Trinajstić information content (AvgIpc) is 3.11. The number of nitrogens with zero attached hydrogens (tertiary/aromatic N) is 1. The van der Waals surface area contributed by atoms with Gasteiger partial charge in [0, 0.05) is 40.1 Å². The van der Waals surface area contributed by atoms with Crippen LogP contribution in [-0.4, -0.2) is 131 Å². The molecule has 52 heavy (non-hydrogen) atoms. The van der Waals surface area contributed by atoms with E-state index in [1.54, 1.807) is 33.5 Å². The average molecular weight is 765 g/mol. The Bertz CT molecular complexity index is 1330. The molecule has 3 N–H and O–H groups in total. The van der Waals surface area contributed by atoms with Crippen LogP contribution >= 0.6 is 0 Å². The van der Waals surface area contributed by atoms with Crippen LogP contribution in [0.5, 0.6) is 5.75 Å². The van der Waals surface area contributed by atoms with Crippen LogP contribution in [-0.2, 0) is 52.3 Å². The summed E-state index contributed by atoms with van der Waals surface area (Å²) in [5.74, 6) is -0.772. The molecule has 0 saturated carbocycles. The molecule has 18 nitrogen and oxygen atoms in total. The first-order valence-electron chi connectivity index (χ1n) is 16.1. The minimum absolute atomic E-state index is 0.0000753. The number of hydrogen-bond acceptors (Lipinski definition) is 16. The molecule has 2 rings (SSSR count). The van der Waals surface area contributed by atoms with E-state index in [0.717, 1.165) is 18.4 Å². The molecule has 0 aliphatic carbocycles. The maximum atomic E-state index is 11.7. The van der Waals surface area contributed by atoms with E-state index < -0.39 is 33.2 Å². The molecule has 0 aromatic heterocycles. The van der Waals surface area contributed by atoms with Gasteiger partial charge in [0.25, 0.3) is 15.8 Å². The largest absolute Gasteiger partial charge is 0.513 e. The summed E-state index contributed by atoms with van der Waals surface area (Å²) in [6.45, 7) is 5.98. The summed E-state index contributed by atoms with van der Waals surface area (Å²) in [6.07, 6.45) is 1.22. The molecule has 0 heterocycles. The van der Waals surface area contributed by atoms with Gasteiger partial charge in [-0.2, -0.15) is 8.42 Å². The lowest BCUT2D eigenvalue weighted by atomic mass is 10.1. The summed E-state index contributed by atoms with van der Waals surface area (Å²) in [4.78, 5) is 31.6. The van der Waals surface area contributed by atoms with Crippen LogP contribution in [0.4, 0.5) is 10.5 Å². The lowest BCUT2D eigenvalue weighted by molar-refractivity contribution is -0.384. The Kier molecular flexibility index (Phi) is 28.6. The van der Waals surface area contributed by atoms with Gasteiger partial charge in [-0.1, -0.05) is 17.7 Å². The van der Waals surface area contributed by atoms with Crippen molar-refractivity contribution < 1.29 is 70.1 Å². The van der Waals surface area contributed by atoms with Crippen LogP contribution in [0.3, 0.4) is 0 Å². The van der Waals surface area contributed by atoms with Gasteiger partial charge in [0.2, 0.25) is 0 Å². The highest BCUT2D eigenvalue weighted by Crippen LogP contribution is 2.17. The molecule has 0 radical (unpaired) electrons. The lowest BCUT2D eigenvalue weighted by Gasteiger charge is -2.06. The lowest BCUT2D eigenvalue weighted by Crippen LogP contribution is -2.29. The fourth-order valence-electron chi connectivity index (χ4n) is 3.35. The molecule has 0 spiro atoms. The zero-order valence-corrected chi connectivity index (χ0v) is 30.9. The monoisotopic (exact) mass is 764 g/mol. The minimum Gasteiger partial charge on any atom is -0.480 e. The molecular formula is C33H52N2O16S. The number of benzene rings is 2. The van der Waals surface area contributed by atoms with Crippen molar-refractivity contribution in [2.24, 2.45) is 5.73 Å². The molecule has 0 aliphatic rings. The van der Waals surface area contributed by atoms with Crippen LogP contribution in [0.15, 0.2) is 53.4 Å². The summed E-state index contributed by atoms with van der Waals surface area (Å²) in [5.41, 5.74) is 6.23. The van der Waals surface area contributed by atoms with Gasteiger partial charge in [0.1, 0.15) is 18.4 Å². The van der Waals surface area contributed by atoms with Crippen LogP contribution < -0.4 is 10.5 Å². The smallest absolute Gasteiger partial charge is 0.480 e. The number of carboxylic acid groups (broad SMARTS) is 1. The number of carbonyl (C=O) groups is 2. The predicted octanol–water partition coefficient (Wildman–Crippen LogP) is 3.37. The van der Waals surface area contributed by atoms with E-state index >= 15 is 0 Å². The van der Waals surface area contributed by atoms with E-state index in [0.29, 0.717) is 52.7 Å². The predicted molar refractivity (Wildman–Crippen MR) is 187 cm³/mol. The van der Waals surface area contributed by atoms with Crippen molar-refractivity contribution >= 4 is 27.9 Å². The van der Waals surface area contributed by atoms with E-state index in [4.69, 9.17) is 52.9 Å². The fraction of sp³-hybridized carbons (Fsp3) is 0.576. The van der Waals surface area contributed by atoms with Crippen molar-refractivity contribution in [1.29, 1.82) is 0 Å². The molecule has 1 atom stereocenters. The van der Waals surface area contributed by atoms with Crippen molar-refractivity contribution in [3.63, 3.8) is 0 Å². The van der Waals surface area contributed by atoms with Crippen LogP contribution in [0.2, 0.25) is 0 Å². The summed E-state index contributed by atoms with van der Waals surface area (Å²) < 4.78 is 67.6. The number of unbranched alkanes of at least 4 members (excludes halogenated alkanes) is 1. The standard InChI is InChI=1S/C12H15NO7.C12H18O5S.C9H19NO4/c1-17-6-7-18-8-9-19-12(14)20-11-4-2-10(3-5-11)13(15)16;1-11-3-5-12(6-4-11)18(13,14)17-10-9-16-8-7-15-2;1-13-6-7-14-5-3-2-4-8(10)9(11)12/h2-5H,6-9H2,1H3;3-6H,7-10H2,1-2H3;8H,2-7,10H2,1H3,(H,11,12). The molecule has 0 aliphatic heterocycles. The molecular weight excluding hydrogens is 712 g/mol. The Morgan fingerprint density at radius 1 is 0.750 bits per heavy atom. The van der Waals surface area contributed by atoms with Crippen molar-refractivity contribution in [2.45, 2.75) is 37.1 Å². The van der Waals surface area contributed by atoms with E-state index in [-0.39, 0.29) is 42.8 Å². The van der Waals surface area contributed by atoms with Gasteiger partial charge < -0.3 is 48.7 Å².